The maximum atomic E-state index is 12.3. The van der Waals surface area contributed by atoms with E-state index in [9.17, 15) is 9.59 Å². The number of Topliss-reactive ketones (excluding diaryl/α,β-unsaturated/α-hetero) is 2. The number of rotatable bonds is 4. The van der Waals surface area contributed by atoms with Gasteiger partial charge in [-0.1, -0.05) is 11.6 Å². The van der Waals surface area contributed by atoms with Crippen molar-refractivity contribution in [3.8, 4) is 0 Å². The fourth-order valence-electron chi connectivity index (χ4n) is 2.66. The number of halogens is 1. The minimum atomic E-state index is -0.509. The van der Waals surface area contributed by atoms with Gasteiger partial charge >= 0.3 is 0 Å². The first kappa shape index (κ1) is 14.8. The normalized spacial score (nSPS) is 14.1. The molecule has 112 valence electrons. The molecular weight excluding hydrogens is 298 g/mol. The number of anilines is 1. The van der Waals surface area contributed by atoms with Crippen molar-refractivity contribution in [2.45, 2.75) is 12.8 Å². The molecule has 1 heterocycles. The van der Waals surface area contributed by atoms with Crippen molar-refractivity contribution in [2.24, 2.45) is 0 Å². The Bertz CT molecular complexity index is 686. The zero-order chi connectivity index (χ0) is 15.5. The van der Waals surface area contributed by atoms with Crippen molar-refractivity contribution in [3.05, 3.63) is 64.7 Å². The molecule has 0 amide bonds. The van der Waals surface area contributed by atoms with Crippen LogP contribution in [0.15, 0.2) is 48.5 Å². The van der Waals surface area contributed by atoms with E-state index in [2.05, 4.69) is 4.90 Å². The fourth-order valence-corrected chi connectivity index (χ4v) is 2.79. The smallest absolute Gasteiger partial charge is 0.233 e. The number of nitrogens with zero attached hydrogens (tertiary/aromatic N) is 1. The van der Waals surface area contributed by atoms with Gasteiger partial charge in [-0.05, 0) is 61.4 Å². The monoisotopic (exact) mass is 313 g/mol. The van der Waals surface area contributed by atoms with E-state index in [0.717, 1.165) is 18.8 Å². The van der Waals surface area contributed by atoms with Gasteiger partial charge in [0.1, 0.15) is 0 Å². The summed E-state index contributed by atoms with van der Waals surface area (Å²) in [6, 6.07) is 13.6. The zero-order valence-electron chi connectivity index (χ0n) is 12.1. The van der Waals surface area contributed by atoms with Crippen LogP contribution >= 0.6 is 11.6 Å². The molecule has 0 N–H and O–H groups in total. The maximum absolute atomic E-state index is 12.3. The van der Waals surface area contributed by atoms with Crippen molar-refractivity contribution in [3.63, 3.8) is 0 Å². The van der Waals surface area contributed by atoms with Crippen LogP contribution in [-0.4, -0.2) is 24.7 Å². The standard InChI is InChI=1S/C18H16ClNO2/c19-15-7-3-13(4-8-15)17(21)18(22)14-5-9-16(10-6-14)20-11-1-2-12-20/h3-10H,1-2,11-12H2. The number of carbonyl (C=O) groups is 2. The molecule has 0 bridgehead atoms. The summed E-state index contributed by atoms with van der Waals surface area (Å²) in [6.07, 6.45) is 2.41. The first-order valence-electron chi connectivity index (χ1n) is 7.35. The topological polar surface area (TPSA) is 37.4 Å². The van der Waals surface area contributed by atoms with Crippen molar-refractivity contribution in [2.75, 3.05) is 18.0 Å². The minimum absolute atomic E-state index is 0.359. The van der Waals surface area contributed by atoms with Gasteiger partial charge < -0.3 is 4.90 Å². The van der Waals surface area contributed by atoms with Gasteiger partial charge in [-0.15, -0.1) is 0 Å². The number of benzene rings is 2. The second-order valence-electron chi connectivity index (χ2n) is 5.41. The van der Waals surface area contributed by atoms with E-state index in [4.69, 9.17) is 11.6 Å². The fraction of sp³-hybridized carbons (Fsp3) is 0.222. The summed E-state index contributed by atoms with van der Waals surface area (Å²) in [5.74, 6) is -0.999. The average Bonchev–Trinajstić information content (AvgIpc) is 3.09. The highest BCUT2D eigenvalue weighted by molar-refractivity contribution is 6.49. The van der Waals surface area contributed by atoms with Crippen LogP contribution in [0.3, 0.4) is 0 Å². The lowest BCUT2D eigenvalue weighted by molar-refractivity contribution is 0.0817. The lowest BCUT2D eigenvalue weighted by atomic mass is 10.0. The number of carbonyl (C=O) groups excluding carboxylic acids is 2. The van der Waals surface area contributed by atoms with Crippen LogP contribution in [0, 0.1) is 0 Å². The molecule has 0 aliphatic carbocycles. The molecule has 0 unspecified atom stereocenters. The van der Waals surface area contributed by atoms with Crippen molar-refractivity contribution >= 4 is 28.9 Å². The molecule has 4 heteroatoms. The predicted molar refractivity (Wildman–Crippen MR) is 88.0 cm³/mol. The summed E-state index contributed by atoms with van der Waals surface area (Å²) >= 11 is 5.79. The van der Waals surface area contributed by atoms with Crippen LogP contribution in [0.5, 0.6) is 0 Å². The van der Waals surface area contributed by atoms with Gasteiger partial charge in [0, 0.05) is 34.9 Å². The Balaban J connectivity index is 1.76. The molecule has 0 spiro atoms. The van der Waals surface area contributed by atoms with E-state index < -0.39 is 11.6 Å². The second kappa shape index (κ2) is 6.32. The largest absolute Gasteiger partial charge is 0.372 e. The SMILES string of the molecule is O=C(C(=O)c1ccc(N2CCCC2)cc1)c1ccc(Cl)cc1. The van der Waals surface area contributed by atoms with Gasteiger partial charge in [-0.2, -0.15) is 0 Å². The van der Waals surface area contributed by atoms with E-state index in [1.807, 2.05) is 12.1 Å². The van der Waals surface area contributed by atoms with Gasteiger partial charge in [0.2, 0.25) is 11.6 Å². The molecule has 3 nitrogen and oxygen atoms in total. The van der Waals surface area contributed by atoms with Crippen molar-refractivity contribution < 1.29 is 9.59 Å². The summed E-state index contributed by atoms with van der Waals surface area (Å²) in [5.41, 5.74) is 1.88. The van der Waals surface area contributed by atoms with E-state index in [1.165, 1.54) is 12.8 Å². The third-order valence-electron chi connectivity index (χ3n) is 3.91. The first-order chi connectivity index (χ1) is 10.6. The summed E-state index contributed by atoms with van der Waals surface area (Å²) < 4.78 is 0. The third-order valence-corrected chi connectivity index (χ3v) is 4.17. The molecule has 1 aliphatic rings. The molecule has 2 aromatic carbocycles. The zero-order valence-corrected chi connectivity index (χ0v) is 12.8. The summed E-state index contributed by atoms with van der Waals surface area (Å²) in [4.78, 5) is 26.7. The van der Waals surface area contributed by atoms with Crippen LogP contribution in [0.2, 0.25) is 5.02 Å². The third kappa shape index (κ3) is 3.04. The van der Waals surface area contributed by atoms with Crippen LogP contribution in [-0.2, 0) is 0 Å². The van der Waals surface area contributed by atoms with Crippen molar-refractivity contribution in [1.82, 2.24) is 0 Å². The maximum Gasteiger partial charge on any atom is 0.233 e. The highest BCUT2D eigenvalue weighted by Crippen LogP contribution is 2.21. The van der Waals surface area contributed by atoms with Gasteiger partial charge in [-0.25, -0.2) is 0 Å². The number of hydrogen-bond donors (Lipinski definition) is 0. The summed E-state index contributed by atoms with van der Waals surface area (Å²) in [7, 11) is 0. The summed E-state index contributed by atoms with van der Waals surface area (Å²) in [6.45, 7) is 2.11. The molecule has 1 aliphatic heterocycles. The second-order valence-corrected chi connectivity index (χ2v) is 5.84. The minimum Gasteiger partial charge on any atom is -0.372 e. The molecule has 22 heavy (non-hydrogen) atoms. The van der Waals surface area contributed by atoms with E-state index in [1.54, 1.807) is 36.4 Å². The van der Waals surface area contributed by atoms with E-state index in [0.29, 0.717) is 16.1 Å². The highest BCUT2D eigenvalue weighted by atomic mass is 35.5. The molecule has 0 radical (unpaired) electrons. The molecular formula is C18H16ClNO2. The Kier molecular flexibility index (Phi) is 4.25. The molecule has 1 fully saturated rings. The van der Waals surface area contributed by atoms with Gasteiger partial charge in [0.05, 0.1) is 0 Å². The number of hydrogen-bond acceptors (Lipinski definition) is 3. The quantitative estimate of drug-likeness (QED) is 0.632. The van der Waals surface area contributed by atoms with Crippen molar-refractivity contribution in [1.29, 1.82) is 0 Å². The van der Waals surface area contributed by atoms with E-state index in [-0.39, 0.29) is 0 Å². The van der Waals surface area contributed by atoms with E-state index >= 15 is 0 Å². The first-order valence-corrected chi connectivity index (χ1v) is 7.72. The van der Waals surface area contributed by atoms with Crippen LogP contribution in [0.1, 0.15) is 33.6 Å². The lowest BCUT2D eigenvalue weighted by Gasteiger charge is -2.17. The van der Waals surface area contributed by atoms with Gasteiger partial charge in [-0.3, -0.25) is 9.59 Å². The Morgan fingerprint density at radius 1 is 0.773 bits per heavy atom. The molecule has 1 saturated heterocycles. The Morgan fingerprint density at radius 3 is 1.73 bits per heavy atom. The lowest BCUT2D eigenvalue weighted by Crippen LogP contribution is -2.18. The van der Waals surface area contributed by atoms with Gasteiger partial charge in [0.15, 0.2) is 0 Å². The number of ketones is 2. The van der Waals surface area contributed by atoms with Crippen LogP contribution in [0.4, 0.5) is 5.69 Å². The predicted octanol–water partition coefficient (Wildman–Crippen LogP) is 4.01. The molecule has 0 atom stereocenters. The molecule has 0 aromatic heterocycles. The molecule has 0 saturated carbocycles. The Morgan fingerprint density at radius 2 is 1.23 bits per heavy atom. The highest BCUT2D eigenvalue weighted by Gasteiger charge is 2.19. The van der Waals surface area contributed by atoms with Crippen LogP contribution < -0.4 is 4.90 Å². The average molecular weight is 314 g/mol. The summed E-state index contributed by atoms with van der Waals surface area (Å²) in [5, 5.41) is 0.541. The van der Waals surface area contributed by atoms with Gasteiger partial charge in [0.25, 0.3) is 0 Å². The molecule has 2 aromatic rings. The Labute approximate surface area is 134 Å². The molecule has 3 rings (SSSR count). The van der Waals surface area contributed by atoms with Crippen LogP contribution in [0.25, 0.3) is 0 Å². The Hall–Kier alpha value is -2.13.